The standard InChI is InChI=1S/C22H18N4O2/c1-3-28-16-10-8-15(9-11-16)21-24-18(13-23)17-12-20(27)26(22(17)25-21)19-7-5-4-6-14(19)2/h4-11H,3,12H2,1-2H3. The molecule has 3 aromatic rings. The van der Waals surface area contributed by atoms with E-state index >= 15 is 0 Å². The van der Waals surface area contributed by atoms with Crippen LogP contribution in [0, 0.1) is 18.3 Å². The second-order valence-electron chi connectivity index (χ2n) is 6.46. The third-order valence-corrected chi connectivity index (χ3v) is 4.66. The molecule has 0 saturated carbocycles. The summed E-state index contributed by atoms with van der Waals surface area (Å²) in [5, 5.41) is 9.59. The lowest BCUT2D eigenvalue weighted by atomic mass is 10.1. The lowest BCUT2D eigenvalue weighted by Crippen LogP contribution is -2.22. The van der Waals surface area contributed by atoms with Crippen molar-refractivity contribution in [3.05, 3.63) is 65.4 Å². The Labute approximate surface area is 163 Å². The zero-order chi connectivity index (χ0) is 19.7. The van der Waals surface area contributed by atoms with Gasteiger partial charge in [-0.15, -0.1) is 0 Å². The quantitative estimate of drug-likeness (QED) is 0.695. The second-order valence-corrected chi connectivity index (χ2v) is 6.46. The van der Waals surface area contributed by atoms with Gasteiger partial charge in [-0.05, 0) is 49.7 Å². The Hall–Kier alpha value is -3.72. The fraction of sp³-hybridized carbons (Fsp3) is 0.182. The summed E-state index contributed by atoms with van der Waals surface area (Å²) >= 11 is 0. The summed E-state index contributed by atoms with van der Waals surface area (Å²) < 4.78 is 5.47. The van der Waals surface area contributed by atoms with Crippen LogP contribution in [0.15, 0.2) is 48.5 Å². The van der Waals surface area contributed by atoms with E-state index in [4.69, 9.17) is 4.74 Å². The van der Waals surface area contributed by atoms with Crippen LogP contribution in [0.2, 0.25) is 0 Å². The first-order valence-corrected chi connectivity index (χ1v) is 9.05. The summed E-state index contributed by atoms with van der Waals surface area (Å²) in [5.74, 6) is 1.53. The summed E-state index contributed by atoms with van der Waals surface area (Å²) in [6, 6.07) is 17.1. The summed E-state index contributed by atoms with van der Waals surface area (Å²) in [5.41, 5.74) is 3.30. The molecule has 6 heteroatoms. The Morgan fingerprint density at radius 1 is 1.14 bits per heavy atom. The predicted molar refractivity (Wildman–Crippen MR) is 105 cm³/mol. The van der Waals surface area contributed by atoms with E-state index in [9.17, 15) is 10.1 Å². The number of benzene rings is 2. The molecule has 0 spiro atoms. The first-order valence-electron chi connectivity index (χ1n) is 9.05. The number of amides is 1. The number of aryl methyl sites for hydroxylation is 1. The van der Waals surface area contributed by atoms with Crippen LogP contribution < -0.4 is 9.64 Å². The fourth-order valence-electron chi connectivity index (χ4n) is 3.32. The highest BCUT2D eigenvalue weighted by Crippen LogP contribution is 2.37. The molecule has 0 radical (unpaired) electrons. The molecule has 0 bridgehead atoms. The maximum absolute atomic E-state index is 12.7. The first-order chi connectivity index (χ1) is 13.6. The van der Waals surface area contributed by atoms with Gasteiger partial charge in [0.25, 0.3) is 0 Å². The van der Waals surface area contributed by atoms with Gasteiger partial charge in [-0.2, -0.15) is 5.26 Å². The third kappa shape index (κ3) is 2.97. The number of para-hydroxylation sites is 1. The number of carbonyl (C=O) groups is 1. The molecule has 1 aliphatic rings. The van der Waals surface area contributed by atoms with Crippen LogP contribution in [0.5, 0.6) is 5.75 Å². The van der Waals surface area contributed by atoms with E-state index in [1.54, 1.807) is 4.90 Å². The van der Waals surface area contributed by atoms with Gasteiger partial charge in [-0.3, -0.25) is 9.69 Å². The predicted octanol–water partition coefficient (Wildman–Crippen LogP) is 3.94. The van der Waals surface area contributed by atoms with Crippen molar-refractivity contribution in [2.45, 2.75) is 20.3 Å². The normalized spacial score (nSPS) is 12.6. The molecule has 1 amide bonds. The molecule has 6 nitrogen and oxygen atoms in total. The number of nitrogens with zero attached hydrogens (tertiary/aromatic N) is 4. The van der Waals surface area contributed by atoms with Crippen molar-refractivity contribution in [3.63, 3.8) is 0 Å². The lowest BCUT2D eigenvalue weighted by Gasteiger charge is -2.19. The highest BCUT2D eigenvalue weighted by molar-refractivity contribution is 6.07. The van der Waals surface area contributed by atoms with E-state index in [2.05, 4.69) is 16.0 Å². The van der Waals surface area contributed by atoms with Crippen molar-refractivity contribution in [2.24, 2.45) is 0 Å². The van der Waals surface area contributed by atoms with Crippen LogP contribution >= 0.6 is 0 Å². The van der Waals surface area contributed by atoms with Crippen LogP contribution in [0.3, 0.4) is 0 Å². The van der Waals surface area contributed by atoms with E-state index in [0.29, 0.717) is 23.8 Å². The Kier molecular flexibility index (Phi) is 4.50. The molecule has 28 heavy (non-hydrogen) atoms. The molecule has 1 aliphatic heterocycles. The summed E-state index contributed by atoms with van der Waals surface area (Å²) in [7, 11) is 0. The van der Waals surface area contributed by atoms with Gasteiger partial charge >= 0.3 is 0 Å². The number of hydrogen-bond donors (Lipinski definition) is 0. The van der Waals surface area contributed by atoms with Crippen LogP contribution in [0.25, 0.3) is 11.4 Å². The topological polar surface area (TPSA) is 79.1 Å². The number of fused-ring (bicyclic) bond motifs is 1. The minimum Gasteiger partial charge on any atom is -0.494 e. The van der Waals surface area contributed by atoms with E-state index in [1.165, 1.54) is 0 Å². The summed E-state index contributed by atoms with van der Waals surface area (Å²) in [6.45, 7) is 4.45. The molecule has 138 valence electrons. The van der Waals surface area contributed by atoms with Gasteiger partial charge in [0, 0.05) is 11.1 Å². The monoisotopic (exact) mass is 370 g/mol. The van der Waals surface area contributed by atoms with Crippen molar-refractivity contribution in [1.82, 2.24) is 9.97 Å². The number of aromatic nitrogens is 2. The van der Waals surface area contributed by atoms with Gasteiger partial charge in [0.15, 0.2) is 5.82 Å². The second kappa shape index (κ2) is 7.12. The number of carbonyl (C=O) groups excluding carboxylic acids is 1. The minimum atomic E-state index is -0.112. The van der Waals surface area contributed by atoms with Gasteiger partial charge in [0.05, 0.1) is 18.7 Å². The Morgan fingerprint density at radius 2 is 1.89 bits per heavy atom. The van der Waals surface area contributed by atoms with Crippen LogP contribution in [-0.2, 0) is 11.2 Å². The molecule has 4 rings (SSSR count). The van der Waals surface area contributed by atoms with Crippen molar-refractivity contribution in [3.8, 4) is 23.2 Å². The van der Waals surface area contributed by atoms with Crippen LogP contribution in [-0.4, -0.2) is 22.5 Å². The summed E-state index contributed by atoms with van der Waals surface area (Å²) in [6.07, 6.45) is 0.121. The van der Waals surface area contributed by atoms with Gasteiger partial charge in [-0.25, -0.2) is 9.97 Å². The lowest BCUT2D eigenvalue weighted by molar-refractivity contribution is -0.116. The van der Waals surface area contributed by atoms with Crippen LogP contribution in [0.1, 0.15) is 23.7 Å². The van der Waals surface area contributed by atoms with E-state index in [0.717, 1.165) is 22.6 Å². The Bertz CT molecular complexity index is 1100. The van der Waals surface area contributed by atoms with Crippen molar-refractivity contribution < 1.29 is 9.53 Å². The molecular weight excluding hydrogens is 352 g/mol. The largest absolute Gasteiger partial charge is 0.494 e. The smallest absolute Gasteiger partial charge is 0.237 e. The average Bonchev–Trinajstić information content (AvgIpc) is 3.04. The third-order valence-electron chi connectivity index (χ3n) is 4.66. The molecule has 1 aromatic heterocycles. The maximum Gasteiger partial charge on any atom is 0.237 e. The number of rotatable bonds is 4. The van der Waals surface area contributed by atoms with Crippen molar-refractivity contribution >= 4 is 17.4 Å². The number of nitriles is 1. The van der Waals surface area contributed by atoms with Gasteiger partial charge < -0.3 is 4.74 Å². The van der Waals surface area contributed by atoms with Crippen LogP contribution in [0.4, 0.5) is 11.5 Å². The van der Waals surface area contributed by atoms with Crippen molar-refractivity contribution in [2.75, 3.05) is 11.5 Å². The van der Waals surface area contributed by atoms with Crippen molar-refractivity contribution in [1.29, 1.82) is 5.26 Å². The molecule has 0 atom stereocenters. The van der Waals surface area contributed by atoms with Gasteiger partial charge in [0.1, 0.15) is 23.3 Å². The molecule has 2 heterocycles. The number of ether oxygens (including phenoxy) is 1. The molecule has 0 fully saturated rings. The first kappa shape index (κ1) is 17.7. The molecular formula is C22H18N4O2. The molecule has 0 aliphatic carbocycles. The fourth-order valence-corrected chi connectivity index (χ4v) is 3.32. The van der Waals surface area contributed by atoms with E-state index in [-0.39, 0.29) is 18.0 Å². The SMILES string of the molecule is CCOc1ccc(-c2nc(C#N)c3c(n2)N(c2ccccc2C)C(=O)C3)cc1. The summed E-state index contributed by atoms with van der Waals surface area (Å²) in [4.78, 5) is 23.4. The highest BCUT2D eigenvalue weighted by atomic mass is 16.5. The molecule has 2 aromatic carbocycles. The maximum atomic E-state index is 12.7. The zero-order valence-electron chi connectivity index (χ0n) is 15.6. The number of hydrogen-bond acceptors (Lipinski definition) is 5. The molecule has 0 N–H and O–H groups in total. The minimum absolute atomic E-state index is 0.112. The number of anilines is 2. The van der Waals surface area contributed by atoms with Gasteiger partial charge in [-0.1, -0.05) is 18.2 Å². The average molecular weight is 370 g/mol. The van der Waals surface area contributed by atoms with Gasteiger partial charge in [0.2, 0.25) is 5.91 Å². The Morgan fingerprint density at radius 3 is 2.57 bits per heavy atom. The molecule has 0 saturated heterocycles. The van der Waals surface area contributed by atoms with E-state index < -0.39 is 0 Å². The highest BCUT2D eigenvalue weighted by Gasteiger charge is 2.34. The van der Waals surface area contributed by atoms with E-state index in [1.807, 2.05) is 62.4 Å². The Balaban J connectivity index is 1.84. The zero-order valence-corrected chi connectivity index (χ0v) is 15.6. The molecule has 0 unspecified atom stereocenters.